The highest BCUT2D eigenvalue weighted by molar-refractivity contribution is 9.09. The maximum atomic E-state index is 3.50. The molecule has 1 aromatic rings. The minimum Gasteiger partial charge on any atom is -0.313 e. The third-order valence-corrected chi connectivity index (χ3v) is 3.70. The van der Waals surface area contributed by atoms with Crippen LogP contribution in [0.3, 0.4) is 0 Å². The summed E-state index contributed by atoms with van der Waals surface area (Å²) in [4.78, 5) is 0. The molecule has 0 aliphatic rings. The van der Waals surface area contributed by atoms with Crippen LogP contribution < -0.4 is 5.32 Å². The molecule has 0 radical (unpaired) electrons. The van der Waals surface area contributed by atoms with E-state index in [1.807, 2.05) is 0 Å². The van der Waals surface area contributed by atoms with Gasteiger partial charge in [-0.15, -0.1) is 0 Å². The molecule has 0 amide bonds. The fourth-order valence-corrected chi connectivity index (χ4v) is 2.27. The Labute approximate surface area is 120 Å². The Balaban J connectivity index is 2.27. The Hall–Kier alpha value is -0.340. The second-order valence-electron chi connectivity index (χ2n) is 5.87. The summed E-state index contributed by atoms with van der Waals surface area (Å²) in [7, 11) is 0. The van der Waals surface area contributed by atoms with E-state index in [9.17, 15) is 0 Å². The molecule has 0 aliphatic carbocycles. The average Bonchev–Trinajstić information content (AvgIpc) is 2.33. The maximum Gasteiger partial charge on any atom is 0.0205 e. The number of halogens is 1. The summed E-state index contributed by atoms with van der Waals surface area (Å²) in [5.74, 6) is 0. The van der Waals surface area contributed by atoms with Crippen molar-refractivity contribution in [2.45, 2.75) is 52.0 Å². The number of rotatable bonds is 7. The van der Waals surface area contributed by atoms with Crippen molar-refractivity contribution in [1.82, 2.24) is 5.32 Å². The number of alkyl halides is 1. The Morgan fingerprint density at radius 3 is 2.22 bits per heavy atom. The number of benzene rings is 1. The van der Waals surface area contributed by atoms with Crippen LogP contribution in [-0.4, -0.2) is 11.9 Å². The summed E-state index contributed by atoms with van der Waals surface area (Å²) in [6, 6.07) is 8.99. The van der Waals surface area contributed by atoms with Crippen LogP contribution in [0.15, 0.2) is 24.3 Å². The normalized spacial score (nSPS) is 11.8. The minimum atomic E-state index is 0.252. The van der Waals surface area contributed by atoms with Gasteiger partial charge < -0.3 is 5.32 Å². The zero-order chi connectivity index (χ0) is 13.4. The van der Waals surface area contributed by atoms with Crippen LogP contribution in [0.5, 0.6) is 0 Å². The van der Waals surface area contributed by atoms with Crippen LogP contribution >= 0.6 is 15.9 Å². The van der Waals surface area contributed by atoms with E-state index in [2.05, 4.69) is 66.3 Å². The van der Waals surface area contributed by atoms with Crippen molar-refractivity contribution in [2.24, 2.45) is 0 Å². The van der Waals surface area contributed by atoms with Gasteiger partial charge in [-0.1, -0.05) is 67.4 Å². The third-order valence-electron chi connectivity index (χ3n) is 3.14. The van der Waals surface area contributed by atoms with E-state index in [0.29, 0.717) is 0 Å². The molecule has 1 aromatic carbocycles. The second-order valence-corrected chi connectivity index (χ2v) is 6.67. The van der Waals surface area contributed by atoms with Crippen molar-refractivity contribution in [3.05, 3.63) is 35.4 Å². The molecule has 0 bridgehead atoms. The summed E-state index contributed by atoms with van der Waals surface area (Å²) >= 11 is 3.46. The van der Waals surface area contributed by atoms with E-state index in [-0.39, 0.29) is 5.41 Å². The molecule has 0 unspecified atom stereocenters. The van der Waals surface area contributed by atoms with Crippen LogP contribution in [0.1, 0.15) is 51.2 Å². The van der Waals surface area contributed by atoms with E-state index in [0.717, 1.165) is 18.4 Å². The van der Waals surface area contributed by atoms with Gasteiger partial charge in [-0.3, -0.25) is 0 Å². The van der Waals surface area contributed by atoms with Crippen LogP contribution in [0.25, 0.3) is 0 Å². The van der Waals surface area contributed by atoms with Gasteiger partial charge in [0, 0.05) is 11.9 Å². The van der Waals surface area contributed by atoms with Crippen molar-refractivity contribution < 1.29 is 0 Å². The van der Waals surface area contributed by atoms with E-state index in [1.54, 1.807) is 0 Å². The molecule has 0 aromatic heterocycles. The van der Waals surface area contributed by atoms with Crippen molar-refractivity contribution in [3.8, 4) is 0 Å². The van der Waals surface area contributed by atoms with Crippen LogP contribution in [-0.2, 0) is 12.0 Å². The lowest BCUT2D eigenvalue weighted by atomic mass is 9.87. The van der Waals surface area contributed by atoms with Crippen molar-refractivity contribution in [2.75, 3.05) is 11.9 Å². The second kappa shape index (κ2) is 7.96. The van der Waals surface area contributed by atoms with Gasteiger partial charge in [-0.05, 0) is 35.9 Å². The predicted molar refractivity (Wildman–Crippen MR) is 84.5 cm³/mol. The smallest absolute Gasteiger partial charge is 0.0205 e. The Bertz CT molecular complexity index is 324. The standard InChI is InChI=1S/C16H26BrN/c1-16(2,3)15-9-7-14(8-10-15)13-18-12-6-4-5-11-17/h7-10,18H,4-6,11-13H2,1-3H3. The van der Waals surface area contributed by atoms with Gasteiger partial charge in [0.2, 0.25) is 0 Å². The zero-order valence-corrected chi connectivity index (χ0v) is 13.5. The first kappa shape index (κ1) is 15.7. The highest BCUT2D eigenvalue weighted by Crippen LogP contribution is 2.22. The minimum absolute atomic E-state index is 0.252. The Kier molecular flexibility index (Phi) is 6.95. The topological polar surface area (TPSA) is 12.0 Å². The molecule has 102 valence electrons. The summed E-state index contributed by atoms with van der Waals surface area (Å²) in [6.07, 6.45) is 3.86. The van der Waals surface area contributed by atoms with Crippen LogP contribution in [0.2, 0.25) is 0 Å². The first-order chi connectivity index (χ1) is 8.54. The molecular weight excluding hydrogens is 286 g/mol. The highest BCUT2D eigenvalue weighted by atomic mass is 79.9. The van der Waals surface area contributed by atoms with Gasteiger partial charge in [0.1, 0.15) is 0 Å². The maximum absolute atomic E-state index is 3.50. The molecule has 18 heavy (non-hydrogen) atoms. The molecule has 1 N–H and O–H groups in total. The molecule has 1 nitrogen and oxygen atoms in total. The van der Waals surface area contributed by atoms with E-state index < -0.39 is 0 Å². The molecule has 0 spiro atoms. The number of hydrogen-bond acceptors (Lipinski definition) is 1. The van der Waals surface area contributed by atoms with Gasteiger partial charge in [0.25, 0.3) is 0 Å². The lowest BCUT2D eigenvalue weighted by molar-refractivity contribution is 0.588. The van der Waals surface area contributed by atoms with Crippen molar-refractivity contribution >= 4 is 15.9 Å². The van der Waals surface area contributed by atoms with Crippen LogP contribution in [0.4, 0.5) is 0 Å². The van der Waals surface area contributed by atoms with Gasteiger partial charge >= 0.3 is 0 Å². The monoisotopic (exact) mass is 311 g/mol. The predicted octanol–water partition coefficient (Wildman–Crippen LogP) is 4.64. The molecule has 2 heteroatoms. The van der Waals surface area contributed by atoms with Gasteiger partial charge in [0.05, 0.1) is 0 Å². The van der Waals surface area contributed by atoms with Crippen molar-refractivity contribution in [1.29, 1.82) is 0 Å². The third kappa shape index (κ3) is 6.01. The van der Waals surface area contributed by atoms with Gasteiger partial charge in [-0.2, -0.15) is 0 Å². The van der Waals surface area contributed by atoms with E-state index >= 15 is 0 Å². The molecule has 0 fully saturated rings. The number of unbranched alkanes of at least 4 members (excludes halogenated alkanes) is 2. The summed E-state index contributed by atoms with van der Waals surface area (Å²) in [5, 5.41) is 4.63. The molecule has 0 saturated carbocycles. The Morgan fingerprint density at radius 2 is 1.67 bits per heavy atom. The zero-order valence-electron chi connectivity index (χ0n) is 11.9. The molecule has 0 saturated heterocycles. The quantitative estimate of drug-likeness (QED) is 0.571. The summed E-state index contributed by atoms with van der Waals surface area (Å²) in [5.41, 5.74) is 3.04. The van der Waals surface area contributed by atoms with E-state index in [4.69, 9.17) is 0 Å². The number of hydrogen-bond donors (Lipinski definition) is 1. The van der Waals surface area contributed by atoms with E-state index in [1.165, 1.54) is 30.4 Å². The first-order valence-corrected chi connectivity index (χ1v) is 8.02. The Morgan fingerprint density at radius 1 is 1.00 bits per heavy atom. The SMILES string of the molecule is CC(C)(C)c1ccc(CNCCCCCBr)cc1. The molecular formula is C16H26BrN. The van der Waals surface area contributed by atoms with Gasteiger partial charge in [0.15, 0.2) is 0 Å². The number of nitrogens with one attached hydrogen (secondary N) is 1. The van der Waals surface area contributed by atoms with Gasteiger partial charge in [-0.25, -0.2) is 0 Å². The average molecular weight is 312 g/mol. The molecule has 0 heterocycles. The first-order valence-electron chi connectivity index (χ1n) is 6.90. The lowest BCUT2D eigenvalue weighted by Gasteiger charge is -2.19. The largest absolute Gasteiger partial charge is 0.313 e. The lowest BCUT2D eigenvalue weighted by Crippen LogP contribution is -2.15. The van der Waals surface area contributed by atoms with Crippen LogP contribution in [0, 0.1) is 0 Å². The fraction of sp³-hybridized carbons (Fsp3) is 0.625. The molecule has 0 aliphatic heterocycles. The highest BCUT2D eigenvalue weighted by Gasteiger charge is 2.12. The fourth-order valence-electron chi connectivity index (χ4n) is 1.88. The summed E-state index contributed by atoms with van der Waals surface area (Å²) in [6.45, 7) is 8.87. The summed E-state index contributed by atoms with van der Waals surface area (Å²) < 4.78 is 0. The van der Waals surface area contributed by atoms with Crippen molar-refractivity contribution in [3.63, 3.8) is 0 Å². The molecule has 1 rings (SSSR count). The molecule has 0 atom stereocenters.